The maximum atomic E-state index is 13.4. The van der Waals surface area contributed by atoms with Crippen molar-refractivity contribution in [3.05, 3.63) is 23.0 Å². The van der Waals surface area contributed by atoms with Gasteiger partial charge in [-0.15, -0.1) is 0 Å². The monoisotopic (exact) mass is 365 g/mol. The van der Waals surface area contributed by atoms with E-state index in [1.165, 1.54) is 0 Å². The molecule has 2 heterocycles. The van der Waals surface area contributed by atoms with E-state index in [-0.39, 0.29) is 5.54 Å². The van der Waals surface area contributed by atoms with E-state index in [0.29, 0.717) is 28.2 Å². The van der Waals surface area contributed by atoms with Crippen LogP contribution >= 0.6 is 0 Å². The fourth-order valence-corrected chi connectivity index (χ4v) is 2.92. The third-order valence-electron chi connectivity index (χ3n) is 4.51. The molecule has 2 aromatic rings. The predicted octanol–water partition coefficient (Wildman–Crippen LogP) is 2.70. The Balaban J connectivity index is 2.09. The van der Waals surface area contributed by atoms with Crippen LogP contribution in [0.4, 0.5) is 8.78 Å². The number of halogens is 2. The molecule has 0 atom stereocenters. The van der Waals surface area contributed by atoms with E-state index >= 15 is 0 Å². The molecule has 0 spiro atoms. The zero-order valence-electron chi connectivity index (χ0n) is 15.6. The number of carbonyl (C=O) groups is 1. The molecular weight excluding hydrogens is 340 g/mol. The van der Waals surface area contributed by atoms with Crippen LogP contribution in [0.2, 0.25) is 0 Å². The number of alkyl halides is 2. The minimum absolute atomic E-state index is 0.317. The maximum Gasteiger partial charge on any atom is 0.277 e. The second kappa shape index (κ2) is 6.26. The van der Waals surface area contributed by atoms with Crippen LogP contribution < -0.4 is 11.1 Å². The summed E-state index contributed by atoms with van der Waals surface area (Å²) in [6, 6.07) is 1.72. The Morgan fingerprint density at radius 1 is 1.38 bits per heavy atom. The Morgan fingerprint density at radius 2 is 2.04 bits per heavy atom. The van der Waals surface area contributed by atoms with Gasteiger partial charge in [0.1, 0.15) is 0 Å². The van der Waals surface area contributed by atoms with Gasteiger partial charge in [0, 0.05) is 11.6 Å². The second-order valence-electron chi connectivity index (χ2n) is 7.98. The minimum atomic E-state index is -3.13. The minimum Gasteiger partial charge on any atom is -0.346 e. The number of amides is 1. The Morgan fingerprint density at radius 3 is 2.58 bits per heavy atom. The molecule has 0 aliphatic heterocycles. The average Bonchev–Trinajstić information content (AvgIpc) is 3.35. The van der Waals surface area contributed by atoms with Gasteiger partial charge >= 0.3 is 0 Å². The van der Waals surface area contributed by atoms with Gasteiger partial charge in [0.25, 0.3) is 11.8 Å². The molecule has 0 saturated heterocycles. The van der Waals surface area contributed by atoms with Gasteiger partial charge in [0.2, 0.25) is 0 Å². The van der Waals surface area contributed by atoms with Crippen molar-refractivity contribution < 1.29 is 13.6 Å². The molecule has 142 valence electrons. The molecule has 8 heteroatoms. The molecule has 1 saturated carbocycles. The third kappa shape index (κ3) is 3.56. The van der Waals surface area contributed by atoms with Crippen molar-refractivity contribution in [2.24, 2.45) is 5.73 Å². The van der Waals surface area contributed by atoms with Crippen molar-refractivity contribution in [1.29, 1.82) is 0 Å². The van der Waals surface area contributed by atoms with Gasteiger partial charge in [0.15, 0.2) is 5.65 Å². The van der Waals surface area contributed by atoms with E-state index in [0.717, 1.165) is 18.5 Å². The smallest absolute Gasteiger partial charge is 0.277 e. The number of carbonyl (C=O) groups excluding carboxylic acids is 1. The molecule has 1 amide bonds. The summed E-state index contributed by atoms with van der Waals surface area (Å²) in [5.41, 5.74) is 7.16. The molecule has 2 aromatic heterocycles. The van der Waals surface area contributed by atoms with Crippen molar-refractivity contribution in [2.75, 3.05) is 13.1 Å². The zero-order valence-corrected chi connectivity index (χ0v) is 15.6. The number of aryl methyl sites for hydroxylation is 1. The molecule has 0 radical (unpaired) electrons. The van der Waals surface area contributed by atoms with Crippen LogP contribution in [0.25, 0.3) is 11.0 Å². The number of nitrogens with two attached hydrogens (primary N) is 1. The van der Waals surface area contributed by atoms with E-state index in [4.69, 9.17) is 10.7 Å². The predicted molar refractivity (Wildman–Crippen MR) is 95.6 cm³/mol. The molecule has 1 aliphatic carbocycles. The van der Waals surface area contributed by atoms with Gasteiger partial charge in [-0.2, -0.15) is 5.10 Å². The highest BCUT2D eigenvalue weighted by Crippen LogP contribution is 2.41. The quantitative estimate of drug-likeness (QED) is 0.853. The molecule has 0 unspecified atom stereocenters. The number of fused-ring (bicyclic) bond motifs is 1. The van der Waals surface area contributed by atoms with Crippen LogP contribution in [0, 0.1) is 6.92 Å². The van der Waals surface area contributed by atoms with Gasteiger partial charge in [-0.3, -0.25) is 4.79 Å². The molecule has 6 nitrogen and oxygen atoms in total. The fraction of sp³-hybridized carbons (Fsp3) is 0.611. The van der Waals surface area contributed by atoms with E-state index in [1.807, 2.05) is 20.8 Å². The largest absolute Gasteiger partial charge is 0.346 e. The lowest BCUT2D eigenvalue weighted by atomic mass is 10.1. The lowest BCUT2D eigenvalue weighted by Gasteiger charge is -2.20. The molecule has 3 rings (SSSR count). The van der Waals surface area contributed by atoms with Gasteiger partial charge in [-0.1, -0.05) is 0 Å². The lowest BCUT2D eigenvalue weighted by molar-refractivity contribution is 0.0119. The lowest BCUT2D eigenvalue weighted by Crippen LogP contribution is -2.41. The number of hydrogen-bond acceptors (Lipinski definition) is 4. The van der Waals surface area contributed by atoms with Crippen molar-refractivity contribution in [3.8, 4) is 0 Å². The van der Waals surface area contributed by atoms with Crippen molar-refractivity contribution >= 4 is 16.9 Å². The van der Waals surface area contributed by atoms with E-state index in [9.17, 15) is 13.6 Å². The summed E-state index contributed by atoms with van der Waals surface area (Å²) < 4.78 is 28.7. The van der Waals surface area contributed by atoms with Gasteiger partial charge in [-0.05, 0) is 46.6 Å². The number of aromatic nitrogens is 3. The summed E-state index contributed by atoms with van der Waals surface area (Å²) in [5, 5.41) is 7.48. The molecule has 0 aromatic carbocycles. The molecule has 1 fully saturated rings. The van der Waals surface area contributed by atoms with Crippen LogP contribution in [0.15, 0.2) is 6.07 Å². The number of rotatable bonds is 5. The molecular formula is C18H25F2N5O. The van der Waals surface area contributed by atoms with Gasteiger partial charge in [-0.25, -0.2) is 18.4 Å². The van der Waals surface area contributed by atoms with Crippen molar-refractivity contribution in [3.63, 3.8) is 0 Å². The van der Waals surface area contributed by atoms with Crippen molar-refractivity contribution in [1.82, 2.24) is 20.1 Å². The van der Waals surface area contributed by atoms with Crippen LogP contribution in [0.5, 0.6) is 0 Å². The highest BCUT2D eigenvalue weighted by molar-refractivity contribution is 6.06. The normalized spacial score (nSPS) is 15.5. The molecule has 26 heavy (non-hydrogen) atoms. The fourth-order valence-electron chi connectivity index (χ4n) is 2.92. The summed E-state index contributed by atoms with van der Waals surface area (Å²) in [6.45, 7) is 6.21. The van der Waals surface area contributed by atoms with Crippen LogP contribution in [-0.2, 0) is 5.54 Å². The second-order valence-corrected chi connectivity index (χ2v) is 7.98. The third-order valence-corrected chi connectivity index (χ3v) is 4.51. The highest BCUT2D eigenvalue weighted by Gasteiger charge is 2.32. The summed E-state index contributed by atoms with van der Waals surface area (Å²) in [6.07, 6.45) is 2.04. The van der Waals surface area contributed by atoms with E-state index in [2.05, 4.69) is 10.4 Å². The first-order chi connectivity index (χ1) is 12.0. The number of nitrogens with zero attached hydrogens (tertiary/aromatic N) is 3. The summed E-state index contributed by atoms with van der Waals surface area (Å²) >= 11 is 0. The Bertz CT molecular complexity index is 849. The SMILES string of the molecule is Cc1nn(C(C)(C)C)c2nc(C3CC3)cc(C(=O)NCC(F)(F)CN)c12. The molecule has 1 aliphatic rings. The van der Waals surface area contributed by atoms with Gasteiger partial charge < -0.3 is 11.1 Å². The Hall–Kier alpha value is -2.09. The number of nitrogens with one attached hydrogen (secondary N) is 1. The molecule has 3 N–H and O–H groups in total. The zero-order chi connectivity index (χ0) is 19.3. The first kappa shape index (κ1) is 18.7. The Labute approximate surface area is 151 Å². The van der Waals surface area contributed by atoms with Crippen LogP contribution in [-0.4, -0.2) is 39.7 Å². The summed E-state index contributed by atoms with van der Waals surface area (Å²) in [7, 11) is 0. The standard InChI is InChI=1S/C18H25F2N5O/c1-10-14-12(16(26)22-9-18(19,20)8-21)7-13(11-5-6-11)23-15(14)25(24-10)17(2,3)4/h7,11H,5-6,8-9,21H2,1-4H3,(H,22,26). The van der Waals surface area contributed by atoms with E-state index in [1.54, 1.807) is 17.7 Å². The topological polar surface area (TPSA) is 85.8 Å². The van der Waals surface area contributed by atoms with Crippen LogP contribution in [0.3, 0.4) is 0 Å². The first-order valence-electron chi connectivity index (χ1n) is 8.80. The van der Waals surface area contributed by atoms with Crippen LogP contribution in [0.1, 0.15) is 61.3 Å². The first-order valence-corrected chi connectivity index (χ1v) is 8.80. The van der Waals surface area contributed by atoms with Crippen molar-refractivity contribution in [2.45, 2.75) is 57.9 Å². The maximum absolute atomic E-state index is 13.4. The number of hydrogen-bond donors (Lipinski definition) is 2. The summed E-state index contributed by atoms with van der Waals surface area (Å²) in [4.78, 5) is 17.4. The number of pyridine rings is 1. The van der Waals surface area contributed by atoms with Gasteiger partial charge in [0.05, 0.1) is 35.3 Å². The average molecular weight is 365 g/mol. The summed E-state index contributed by atoms with van der Waals surface area (Å²) in [5.74, 6) is -3.37. The molecule has 0 bridgehead atoms. The Kier molecular flexibility index (Phi) is 4.50. The highest BCUT2D eigenvalue weighted by atomic mass is 19.3. The van der Waals surface area contributed by atoms with E-state index < -0.39 is 24.9 Å².